The summed E-state index contributed by atoms with van der Waals surface area (Å²) in [6, 6.07) is 0. The van der Waals surface area contributed by atoms with Crippen LogP contribution in [0.5, 0.6) is 0 Å². The average molecular weight is 162 g/mol. The van der Waals surface area contributed by atoms with E-state index in [1.807, 2.05) is 0 Å². The molecule has 0 aromatic carbocycles. The van der Waals surface area contributed by atoms with Crippen LogP contribution in [0.3, 0.4) is 0 Å². The Morgan fingerprint density at radius 2 is 1.18 bits per heavy atom. The first-order chi connectivity index (χ1) is 5.04. The van der Waals surface area contributed by atoms with Crippen LogP contribution in [0.1, 0.15) is 13.8 Å². The van der Waals surface area contributed by atoms with E-state index in [1.54, 1.807) is 13.8 Å². The summed E-state index contributed by atoms with van der Waals surface area (Å²) in [5, 5.41) is 27.6. The molecule has 0 bridgehead atoms. The van der Waals surface area contributed by atoms with Crippen LogP contribution in [0, 0.1) is 0 Å². The Bertz CT molecular complexity index is 124. The molecular weight excluding hydrogens is 148 g/mol. The predicted octanol–water partition coefficient (Wildman–Crippen LogP) is -1.12. The highest BCUT2D eigenvalue weighted by atomic mass is 16.5. The van der Waals surface area contributed by atoms with Crippen LogP contribution < -0.4 is 0 Å². The molecule has 11 heavy (non-hydrogen) atoms. The fourth-order valence-electron chi connectivity index (χ4n) is 1.26. The molecule has 0 aliphatic carbocycles. The second-order valence-corrected chi connectivity index (χ2v) is 3.02. The molecule has 1 aliphatic heterocycles. The third-order valence-electron chi connectivity index (χ3n) is 2.09. The molecule has 1 aliphatic rings. The minimum atomic E-state index is -1.09. The molecule has 4 heteroatoms. The van der Waals surface area contributed by atoms with Gasteiger partial charge in [0.25, 0.3) is 0 Å². The molecule has 1 unspecified atom stereocenters. The number of hydrogen-bond donors (Lipinski definition) is 3. The van der Waals surface area contributed by atoms with Crippen LogP contribution in [0.2, 0.25) is 0 Å². The van der Waals surface area contributed by atoms with Gasteiger partial charge in [0.15, 0.2) is 0 Å². The van der Waals surface area contributed by atoms with Crippen LogP contribution in [0.15, 0.2) is 0 Å². The maximum Gasteiger partial charge on any atom is 0.111 e. The fourth-order valence-corrected chi connectivity index (χ4v) is 1.26. The van der Waals surface area contributed by atoms with Gasteiger partial charge in [-0.2, -0.15) is 0 Å². The van der Waals surface area contributed by atoms with E-state index >= 15 is 0 Å². The third kappa shape index (κ3) is 1.54. The molecule has 0 aromatic rings. The highest BCUT2D eigenvalue weighted by molar-refractivity contribution is 4.88. The standard InChI is InChI=1S/C7H14O4/c1-3-5(8)7(10)6(9)4(2)11-3/h3-10H,1-2H3/t3-,4?,5-,6+,7+/m0/s1. The van der Waals surface area contributed by atoms with Gasteiger partial charge in [0.2, 0.25) is 0 Å². The van der Waals surface area contributed by atoms with Crippen LogP contribution in [0.4, 0.5) is 0 Å². The average Bonchev–Trinajstić information content (AvgIpc) is 1.97. The van der Waals surface area contributed by atoms with Crippen LogP contribution >= 0.6 is 0 Å². The van der Waals surface area contributed by atoms with Crippen LogP contribution in [-0.4, -0.2) is 45.8 Å². The van der Waals surface area contributed by atoms with Crippen molar-refractivity contribution in [2.45, 2.75) is 44.4 Å². The van der Waals surface area contributed by atoms with Crippen molar-refractivity contribution in [1.82, 2.24) is 0 Å². The van der Waals surface area contributed by atoms with Crippen LogP contribution in [-0.2, 0) is 4.74 Å². The SMILES string of the molecule is CC1O[C@@H](C)[C@H](O)[C@@H](O)[C@@H]1O. The summed E-state index contributed by atoms with van der Waals surface area (Å²) in [7, 11) is 0. The van der Waals surface area contributed by atoms with E-state index in [4.69, 9.17) is 4.74 Å². The van der Waals surface area contributed by atoms with Crippen molar-refractivity contribution >= 4 is 0 Å². The van der Waals surface area contributed by atoms with Crippen molar-refractivity contribution in [3.8, 4) is 0 Å². The van der Waals surface area contributed by atoms with E-state index < -0.39 is 30.5 Å². The van der Waals surface area contributed by atoms with E-state index in [9.17, 15) is 15.3 Å². The number of ether oxygens (including phenoxy) is 1. The lowest BCUT2D eigenvalue weighted by molar-refractivity contribution is -0.211. The molecule has 0 amide bonds. The Morgan fingerprint density at radius 1 is 0.818 bits per heavy atom. The van der Waals surface area contributed by atoms with Gasteiger partial charge in [-0.1, -0.05) is 0 Å². The lowest BCUT2D eigenvalue weighted by Gasteiger charge is -2.37. The minimum absolute atomic E-state index is 0.414. The van der Waals surface area contributed by atoms with Gasteiger partial charge in [-0.15, -0.1) is 0 Å². The highest BCUT2D eigenvalue weighted by Crippen LogP contribution is 2.19. The van der Waals surface area contributed by atoms with Crippen LogP contribution in [0.25, 0.3) is 0 Å². The first-order valence-electron chi connectivity index (χ1n) is 3.73. The van der Waals surface area contributed by atoms with Gasteiger partial charge in [0.05, 0.1) is 12.2 Å². The number of aliphatic hydroxyl groups is 3. The largest absolute Gasteiger partial charge is 0.388 e. The summed E-state index contributed by atoms with van der Waals surface area (Å²) in [6.07, 6.45) is -3.89. The zero-order valence-corrected chi connectivity index (χ0v) is 6.64. The normalized spacial score (nSPS) is 52.6. The molecule has 1 heterocycles. The monoisotopic (exact) mass is 162 g/mol. The van der Waals surface area contributed by atoms with Gasteiger partial charge in [-0.05, 0) is 13.8 Å². The molecule has 3 N–H and O–H groups in total. The quantitative estimate of drug-likeness (QED) is 0.422. The smallest absolute Gasteiger partial charge is 0.111 e. The summed E-state index contributed by atoms with van der Waals surface area (Å²) >= 11 is 0. The Morgan fingerprint density at radius 3 is 1.55 bits per heavy atom. The van der Waals surface area contributed by atoms with Gasteiger partial charge in [-0.25, -0.2) is 0 Å². The predicted molar refractivity (Wildman–Crippen MR) is 38.0 cm³/mol. The first-order valence-corrected chi connectivity index (χ1v) is 3.73. The molecule has 1 saturated heterocycles. The second kappa shape index (κ2) is 3.06. The molecule has 0 spiro atoms. The molecule has 1 fully saturated rings. The summed E-state index contributed by atoms with van der Waals surface area (Å²) in [5.41, 5.74) is 0. The van der Waals surface area contributed by atoms with E-state index in [2.05, 4.69) is 0 Å². The zero-order chi connectivity index (χ0) is 8.59. The number of rotatable bonds is 0. The molecule has 4 nitrogen and oxygen atoms in total. The second-order valence-electron chi connectivity index (χ2n) is 3.02. The topological polar surface area (TPSA) is 69.9 Å². The van der Waals surface area contributed by atoms with Gasteiger partial charge in [-0.3, -0.25) is 0 Å². The molecular formula is C7H14O4. The third-order valence-corrected chi connectivity index (χ3v) is 2.09. The molecule has 0 saturated carbocycles. The van der Waals surface area contributed by atoms with Gasteiger partial charge in [0.1, 0.15) is 18.3 Å². The van der Waals surface area contributed by atoms with Gasteiger partial charge < -0.3 is 20.1 Å². The molecule has 1 rings (SSSR count). The molecule has 5 atom stereocenters. The lowest BCUT2D eigenvalue weighted by atomic mass is 9.97. The molecule has 0 radical (unpaired) electrons. The maximum absolute atomic E-state index is 9.21. The summed E-state index contributed by atoms with van der Waals surface area (Å²) in [5.74, 6) is 0. The Hall–Kier alpha value is -0.160. The Kier molecular flexibility index (Phi) is 2.49. The molecule has 0 aromatic heterocycles. The van der Waals surface area contributed by atoms with E-state index in [-0.39, 0.29) is 0 Å². The van der Waals surface area contributed by atoms with Gasteiger partial charge >= 0.3 is 0 Å². The van der Waals surface area contributed by atoms with Crippen molar-refractivity contribution in [2.24, 2.45) is 0 Å². The van der Waals surface area contributed by atoms with E-state index in [1.165, 1.54) is 0 Å². The van der Waals surface area contributed by atoms with Crippen molar-refractivity contribution < 1.29 is 20.1 Å². The fraction of sp³-hybridized carbons (Fsp3) is 1.00. The highest BCUT2D eigenvalue weighted by Gasteiger charge is 2.39. The summed E-state index contributed by atoms with van der Waals surface area (Å²) in [6.45, 7) is 3.33. The Balaban J connectivity index is 2.63. The van der Waals surface area contributed by atoms with Crippen molar-refractivity contribution in [3.63, 3.8) is 0 Å². The number of hydrogen-bond acceptors (Lipinski definition) is 4. The van der Waals surface area contributed by atoms with Gasteiger partial charge in [0, 0.05) is 0 Å². The van der Waals surface area contributed by atoms with E-state index in [0.717, 1.165) is 0 Å². The minimum Gasteiger partial charge on any atom is -0.388 e. The van der Waals surface area contributed by atoms with E-state index in [0.29, 0.717) is 0 Å². The van der Waals surface area contributed by atoms with Crippen molar-refractivity contribution in [1.29, 1.82) is 0 Å². The summed E-state index contributed by atoms with van der Waals surface area (Å²) < 4.78 is 5.12. The number of aliphatic hydroxyl groups excluding tert-OH is 3. The Labute approximate surface area is 65.4 Å². The summed E-state index contributed by atoms with van der Waals surface area (Å²) in [4.78, 5) is 0. The zero-order valence-electron chi connectivity index (χ0n) is 6.64. The van der Waals surface area contributed by atoms with Crippen molar-refractivity contribution in [2.75, 3.05) is 0 Å². The van der Waals surface area contributed by atoms with Crippen molar-refractivity contribution in [3.05, 3.63) is 0 Å². The maximum atomic E-state index is 9.21. The molecule has 66 valence electrons. The lowest BCUT2D eigenvalue weighted by Crippen LogP contribution is -2.55. The first kappa shape index (κ1) is 8.93.